The molecule has 0 aromatic heterocycles. The lowest BCUT2D eigenvalue weighted by Crippen LogP contribution is -2.45. The van der Waals surface area contributed by atoms with E-state index < -0.39 is 35.5 Å². The summed E-state index contributed by atoms with van der Waals surface area (Å²) >= 11 is 0. The van der Waals surface area contributed by atoms with Gasteiger partial charge in [-0.1, -0.05) is 6.07 Å². The highest BCUT2D eigenvalue weighted by Crippen LogP contribution is 2.65. The first kappa shape index (κ1) is 20.4. The van der Waals surface area contributed by atoms with Gasteiger partial charge < -0.3 is 33.2 Å². The van der Waals surface area contributed by atoms with Crippen molar-refractivity contribution in [1.29, 1.82) is 0 Å². The highest BCUT2D eigenvalue weighted by Gasteiger charge is 2.69. The SMILES string of the molecule is COC(=O)[C@H]1[C@@H]2O[C@@](c3ccc(OC)c(OC)c3)(c3cc4c(cc32)OCO4)[C@H]1C(=O)OC. The number of hydrogen-bond acceptors (Lipinski definition) is 9. The Morgan fingerprint density at radius 1 is 0.906 bits per heavy atom. The van der Waals surface area contributed by atoms with Crippen molar-refractivity contribution in [2.45, 2.75) is 11.7 Å². The van der Waals surface area contributed by atoms with Gasteiger partial charge in [0.15, 0.2) is 23.0 Å². The van der Waals surface area contributed by atoms with E-state index in [4.69, 9.17) is 33.2 Å². The zero-order valence-corrected chi connectivity index (χ0v) is 18.0. The van der Waals surface area contributed by atoms with Gasteiger partial charge >= 0.3 is 11.9 Å². The quantitative estimate of drug-likeness (QED) is 0.646. The third-order valence-corrected chi connectivity index (χ3v) is 6.43. The molecule has 9 heteroatoms. The van der Waals surface area contributed by atoms with Crippen molar-refractivity contribution >= 4 is 11.9 Å². The van der Waals surface area contributed by atoms with Crippen LogP contribution in [0, 0.1) is 11.8 Å². The average molecular weight is 442 g/mol. The summed E-state index contributed by atoms with van der Waals surface area (Å²) in [5.74, 6) is -0.968. The molecule has 2 bridgehead atoms. The summed E-state index contributed by atoms with van der Waals surface area (Å²) < 4.78 is 38.7. The summed E-state index contributed by atoms with van der Waals surface area (Å²) in [5.41, 5.74) is 0.723. The van der Waals surface area contributed by atoms with Gasteiger partial charge in [0.05, 0.1) is 34.5 Å². The van der Waals surface area contributed by atoms with E-state index in [0.29, 0.717) is 34.1 Å². The molecule has 0 radical (unpaired) electrons. The van der Waals surface area contributed by atoms with E-state index in [1.807, 2.05) is 0 Å². The fraction of sp³-hybridized carbons (Fsp3) is 0.391. The zero-order chi connectivity index (χ0) is 22.6. The number of fused-ring (bicyclic) bond motifs is 6. The average Bonchev–Trinajstić information content (AvgIpc) is 3.52. The summed E-state index contributed by atoms with van der Waals surface area (Å²) in [6.07, 6.45) is -0.732. The maximum atomic E-state index is 13.1. The Kier molecular flexibility index (Phi) is 4.67. The highest BCUT2D eigenvalue weighted by atomic mass is 16.7. The van der Waals surface area contributed by atoms with Crippen LogP contribution in [0.5, 0.6) is 23.0 Å². The minimum atomic E-state index is -1.33. The fourth-order valence-electron chi connectivity index (χ4n) is 5.08. The molecule has 32 heavy (non-hydrogen) atoms. The normalized spacial score (nSPS) is 26.4. The van der Waals surface area contributed by atoms with Gasteiger partial charge in [-0.25, -0.2) is 0 Å². The number of methoxy groups -OCH3 is 4. The van der Waals surface area contributed by atoms with E-state index >= 15 is 0 Å². The third-order valence-electron chi connectivity index (χ3n) is 6.43. The molecule has 3 aliphatic heterocycles. The van der Waals surface area contributed by atoms with Gasteiger partial charge in [0.2, 0.25) is 6.79 Å². The van der Waals surface area contributed by atoms with Gasteiger partial charge in [0.1, 0.15) is 17.4 Å². The van der Waals surface area contributed by atoms with Crippen molar-refractivity contribution in [1.82, 2.24) is 0 Å². The second kappa shape index (κ2) is 7.30. The number of rotatable bonds is 5. The van der Waals surface area contributed by atoms with Gasteiger partial charge in [0, 0.05) is 0 Å². The van der Waals surface area contributed by atoms with E-state index in [-0.39, 0.29) is 6.79 Å². The molecule has 0 spiro atoms. The third kappa shape index (κ3) is 2.54. The number of hydrogen-bond donors (Lipinski definition) is 0. The predicted molar refractivity (Wildman–Crippen MR) is 108 cm³/mol. The molecule has 0 N–H and O–H groups in total. The van der Waals surface area contributed by atoms with Crippen LogP contribution < -0.4 is 18.9 Å². The number of esters is 2. The highest BCUT2D eigenvalue weighted by molar-refractivity contribution is 5.87. The minimum Gasteiger partial charge on any atom is -0.493 e. The van der Waals surface area contributed by atoms with Crippen molar-refractivity contribution < 1.29 is 42.7 Å². The molecule has 4 atom stereocenters. The van der Waals surface area contributed by atoms with Crippen LogP contribution in [0.25, 0.3) is 0 Å². The van der Waals surface area contributed by atoms with Crippen LogP contribution in [0.15, 0.2) is 30.3 Å². The standard InChI is InChI=1S/C23H22O9/c1-26-14-6-5-11(7-15(14)27-2)23-13-9-17-16(30-10-31-17)8-12(13)20(32-23)18(21(24)28-3)19(23)22(25)29-4/h5-9,18-20H,10H2,1-4H3/t18-,19-,20-,23+/m1/s1. The molecular formula is C23H22O9. The van der Waals surface area contributed by atoms with E-state index in [1.54, 1.807) is 30.3 Å². The second-order valence-electron chi connectivity index (χ2n) is 7.69. The molecule has 168 valence electrons. The summed E-state index contributed by atoms with van der Waals surface area (Å²) in [4.78, 5) is 26.0. The van der Waals surface area contributed by atoms with Crippen molar-refractivity contribution in [3.05, 3.63) is 47.0 Å². The first-order valence-corrected chi connectivity index (χ1v) is 10.00. The summed E-state index contributed by atoms with van der Waals surface area (Å²) in [5, 5.41) is 0. The minimum absolute atomic E-state index is 0.0912. The van der Waals surface area contributed by atoms with Gasteiger partial charge in [-0.05, 0) is 41.0 Å². The molecule has 5 rings (SSSR count). The molecule has 9 nitrogen and oxygen atoms in total. The Hall–Kier alpha value is -3.46. The fourth-order valence-corrected chi connectivity index (χ4v) is 5.08. The van der Waals surface area contributed by atoms with Crippen LogP contribution in [0.2, 0.25) is 0 Å². The molecule has 1 fully saturated rings. The van der Waals surface area contributed by atoms with Gasteiger partial charge in [-0.3, -0.25) is 9.59 Å². The van der Waals surface area contributed by atoms with Crippen molar-refractivity contribution in [2.75, 3.05) is 35.2 Å². The zero-order valence-electron chi connectivity index (χ0n) is 18.0. The Bertz CT molecular complexity index is 1110. The monoisotopic (exact) mass is 442 g/mol. The van der Waals surface area contributed by atoms with Gasteiger partial charge in [0.25, 0.3) is 0 Å². The topological polar surface area (TPSA) is 98.8 Å². The van der Waals surface area contributed by atoms with Crippen LogP contribution in [-0.4, -0.2) is 47.2 Å². The molecule has 3 aliphatic rings. The summed E-state index contributed by atoms with van der Waals surface area (Å²) in [6, 6.07) is 8.86. The van der Waals surface area contributed by atoms with Crippen molar-refractivity contribution in [2.24, 2.45) is 11.8 Å². The molecule has 0 saturated carbocycles. The van der Waals surface area contributed by atoms with E-state index in [2.05, 4.69) is 0 Å². The van der Waals surface area contributed by atoms with Crippen LogP contribution in [0.1, 0.15) is 22.8 Å². The molecule has 0 unspecified atom stereocenters. The molecule has 2 aromatic carbocycles. The molecule has 2 aromatic rings. The Labute approximate surface area is 184 Å². The van der Waals surface area contributed by atoms with Gasteiger partial charge in [-0.15, -0.1) is 0 Å². The predicted octanol–water partition coefficient (Wildman–Crippen LogP) is 2.34. The smallest absolute Gasteiger partial charge is 0.313 e. The number of ether oxygens (including phenoxy) is 7. The molecule has 0 aliphatic carbocycles. The Morgan fingerprint density at radius 2 is 1.59 bits per heavy atom. The van der Waals surface area contributed by atoms with E-state index in [0.717, 1.165) is 5.56 Å². The van der Waals surface area contributed by atoms with Crippen LogP contribution in [0.4, 0.5) is 0 Å². The second-order valence-corrected chi connectivity index (χ2v) is 7.69. The number of carbonyl (C=O) groups is 2. The van der Waals surface area contributed by atoms with E-state index in [1.165, 1.54) is 28.4 Å². The molecular weight excluding hydrogens is 420 g/mol. The van der Waals surface area contributed by atoms with E-state index in [9.17, 15) is 9.59 Å². The van der Waals surface area contributed by atoms with Crippen LogP contribution >= 0.6 is 0 Å². The lowest BCUT2D eigenvalue weighted by Gasteiger charge is -2.35. The Morgan fingerprint density at radius 3 is 2.25 bits per heavy atom. The first-order chi connectivity index (χ1) is 15.5. The number of benzene rings is 2. The maximum Gasteiger partial charge on any atom is 0.313 e. The molecule has 0 amide bonds. The maximum absolute atomic E-state index is 13.1. The van der Waals surface area contributed by atoms with Crippen molar-refractivity contribution in [3.63, 3.8) is 0 Å². The molecule has 3 heterocycles. The summed E-state index contributed by atoms with van der Waals surface area (Å²) in [6.45, 7) is 0.0912. The van der Waals surface area contributed by atoms with Gasteiger partial charge in [-0.2, -0.15) is 0 Å². The largest absolute Gasteiger partial charge is 0.493 e. The van der Waals surface area contributed by atoms with Crippen molar-refractivity contribution in [3.8, 4) is 23.0 Å². The Balaban J connectivity index is 1.80. The molecule has 1 saturated heterocycles. The first-order valence-electron chi connectivity index (χ1n) is 10.00. The summed E-state index contributed by atoms with van der Waals surface area (Å²) in [7, 11) is 5.62. The number of carbonyl (C=O) groups excluding carboxylic acids is 2. The lowest BCUT2D eigenvalue weighted by atomic mass is 9.65. The lowest BCUT2D eigenvalue weighted by molar-refractivity contribution is -0.158. The van der Waals surface area contributed by atoms with Crippen LogP contribution in [-0.2, 0) is 29.4 Å². The van der Waals surface area contributed by atoms with Crippen LogP contribution in [0.3, 0.4) is 0 Å².